The monoisotopic (exact) mass is 504 g/mol. The number of hydrogen-bond donors (Lipinski definition) is 0. The third-order valence-electron chi connectivity index (χ3n) is 5.90. The predicted molar refractivity (Wildman–Crippen MR) is 125 cm³/mol. The average Bonchev–Trinajstić information content (AvgIpc) is 3.01. The van der Waals surface area contributed by atoms with Gasteiger partial charge in [0.25, 0.3) is 17.7 Å². The van der Waals surface area contributed by atoms with Gasteiger partial charge in [-0.1, -0.05) is 46.5 Å². The van der Waals surface area contributed by atoms with Crippen molar-refractivity contribution in [3.63, 3.8) is 0 Å². The van der Waals surface area contributed by atoms with Crippen molar-refractivity contribution in [3.05, 3.63) is 80.3 Å². The smallest absolute Gasteiger partial charge is 0.274 e. The SMILES string of the molecule is CC1=CC[C@@H]2C(=O)N(N(CC(=O)c3ccc(Cl)cc3)C(=O)c3ccc(Cl)cc3Cl)C(=O)[C@@H]2C1. The first-order valence-electron chi connectivity index (χ1n) is 10.3. The van der Waals surface area contributed by atoms with Crippen LogP contribution in [0.25, 0.3) is 0 Å². The number of fused-ring (bicyclic) bond motifs is 1. The zero-order valence-electron chi connectivity index (χ0n) is 17.6. The normalized spacial score (nSPS) is 19.9. The van der Waals surface area contributed by atoms with Crippen LogP contribution in [-0.2, 0) is 9.59 Å². The van der Waals surface area contributed by atoms with E-state index >= 15 is 0 Å². The highest BCUT2D eigenvalue weighted by Crippen LogP contribution is 2.39. The summed E-state index contributed by atoms with van der Waals surface area (Å²) in [5, 5.41) is 2.53. The Hall–Kier alpha value is -2.67. The second-order valence-corrected chi connectivity index (χ2v) is 9.39. The molecule has 0 unspecified atom stereocenters. The number of allylic oxidation sites excluding steroid dienone is 2. The van der Waals surface area contributed by atoms with E-state index in [9.17, 15) is 19.2 Å². The molecule has 0 radical (unpaired) electrons. The topological polar surface area (TPSA) is 74.8 Å². The highest BCUT2D eigenvalue weighted by atomic mass is 35.5. The molecule has 9 heteroatoms. The number of hydrazine groups is 1. The second kappa shape index (κ2) is 9.29. The van der Waals surface area contributed by atoms with Crippen molar-refractivity contribution in [1.82, 2.24) is 10.0 Å². The lowest BCUT2D eigenvalue weighted by Gasteiger charge is -2.30. The van der Waals surface area contributed by atoms with E-state index in [-0.39, 0.29) is 16.1 Å². The van der Waals surface area contributed by atoms with E-state index in [4.69, 9.17) is 34.8 Å². The summed E-state index contributed by atoms with van der Waals surface area (Å²) in [6.07, 6.45) is 2.77. The maximum Gasteiger partial charge on any atom is 0.274 e. The molecular formula is C24H19Cl3N2O4. The third-order valence-corrected chi connectivity index (χ3v) is 6.70. The van der Waals surface area contributed by atoms with E-state index in [1.54, 1.807) is 12.1 Å². The van der Waals surface area contributed by atoms with Crippen LogP contribution in [0.3, 0.4) is 0 Å². The highest BCUT2D eigenvalue weighted by Gasteiger charge is 2.51. The van der Waals surface area contributed by atoms with Crippen LogP contribution in [0.2, 0.25) is 15.1 Å². The summed E-state index contributed by atoms with van der Waals surface area (Å²) in [5.74, 6) is -3.35. The summed E-state index contributed by atoms with van der Waals surface area (Å²) < 4.78 is 0. The van der Waals surface area contributed by atoms with Gasteiger partial charge in [-0.3, -0.25) is 19.2 Å². The molecule has 0 spiro atoms. The molecule has 3 amide bonds. The fourth-order valence-electron chi connectivity index (χ4n) is 4.16. The molecule has 0 bridgehead atoms. The van der Waals surface area contributed by atoms with Crippen LogP contribution >= 0.6 is 34.8 Å². The van der Waals surface area contributed by atoms with Crippen LogP contribution in [0.15, 0.2) is 54.1 Å². The Morgan fingerprint density at radius 2 is 1.61 bits per heavy atom. The first-order chi connectivity index (χ1) is 15.7. The lowest BCUT2D eigenvalue weighted by molar-refractivity contribution is -0.154. The number of rotatable bonds is 5. The summed E-state index contributed by atoms with van der Waals surface area (Å²) in [7, 11) is 0. The fourth-order valence-corrected chi connectivity index (χ4v) is 4.77. The molecule has 0 saturated carbocycles. The van der Waals surface area contributed by atoms with Gasteiger partial charge in [-0.05, 0) is 62.2 Å². The Kier molecular flexibility index (Phi) is 6.61. The Morgan fingerprint density at radius 1 is 0.970 bits per heavy atom. The van der Waals surface area contributed by atoms with Gasteiger partial charge in [0, 0.05) is 15.6 Å². The second-order valence-electron chi connectivity index (χ2n) is 8.11. The van der Waals surface area contributed by atoms with Crippen molar-refractivity contribution in [1.29, 1.82) is 0 Å². The molecule has 2 aromatic rings. The largest absolute Gasteiger partial charge is 0.292 e. The number of nitrogens with zero attached hydrogens (tertiary/aromatic N) is 2. The zero-order chi connectivity index (χ0) is 23.9. The summed E-state index contributed by atoms with van der Waals surface area (Å²) >= 11 is 18.1. The number of hydrogen-bond acceptors (Lipinski definition) is 4. The van der Waals surface area contributed by atoms with E-state index in [0.29, 0.717) is 22.9 Å². The van der Waals surface area contributed by atoms with Crippen LogP contribution in [0.4, 0.5) is 0 Å². The molecule has 1 saturated heterocycles. The number of Topliss-reactive ketones (excluding diaryl/α,β-unsaturated/α-hetero) is 1. The number of carbonyl (C=O) groups is 4. The first kappa shape index (κ1) is 23.5. The highest BCUT2D eigenvalue weighted by molar-refractivity contribution is 6.36. The number of ketones is 1. The van der Waals surface area contributed by atoms with Crippen LogP contribution in [0, 0.1) is 11.8 Å². The summed E-state index contributed by atoms with van der Waals surface area (Å²) in [6.45, 7) is 1.37. The van der Waals surface area contributed by atoms with Crippen LogP contribution in [0.5, 0.6) is 0 Å². The predicted octanol–water partition coefficient (Wildman–Crippen LogP) is 5.23. The lowest BCUT2D eigenvalue weighted by atomic mass is 9.82. The summed E-state index contributed by atoms with van der Waals surface area (Å²) in [6, 6.07) is 10.4. The Balaban J connectivity index is 1.72. The standard InChI is InChI=1S/C24H19Cl3N2O4/c1-13-2-8-17-19(10-13)24(33)29(23(17)32)28(12-21(30)14-3-5-15(25)6-4-14)22(31)18-9-7-16(26)11-20(18)27/h2-7,9,11,17,19H,8,10,12H2,1H3/t17-,19+/m0/s1. The van der Waals surface area contributed by atoms with E-state index in [1.165, 1.54) is 30.3 Å². The first-order valence-corrected chi connectivity index (χ1v) is 11.4. The van der Waals surface area contributed by atoms with Crippen molar-refractivity contribution in [2.75, 3.05) is 6.54 Å². The van der Waals surface area contributed by atoms with Gasteiger partial charge in [-0.2, -0.15) is 5.01 Å². The third kappa shape index (κ3) is 4.56. The molecule has 6 nitrogen and oxygen atoms in total. The van der Waals surface area contributed by atoms with Crippen molar-refractivity contribution in [3.8, 4) is 0 Å². The van der Waals surface area contributed by atoms with Crippen molar-refractivity contribution in [2.24, 2.45) is 11.8 Å². The molecule has 0 N–H and O–H groups in total. The van der Waals surface area contributed by atoms with Gasteiger partial charge in [0.2, 0.25) is 0 Å². The van der Waals surface area contributed by atoms with Gasteiger partial charge in [-0.25, -0.2) is 5.01 Å². The molecular weight excluding hydrogens is 487 g/mol. The number of amides is 3. The number of carbonyl (C=O) groups excluding carboxylic acids is 4. The van der Waals surface area contributed by atoms with E-state index < -0.39 is 41.9 Å². The van der Waals surface area contributed by atoms with Gasteiger partial charge in [0.1, 0.15) is 6.54 Å². The molecule has 4 rings (SSSR count). The quantitative estimate of drug-likeness (QED) is 0.317. The lowest BCUT2D eigenvalue weighted by Crippen LogP contribution is -2.52. The Bertz CT molecular complexity index is 1190. The molecule has 1 fully saturated rings. The minimum atomic E-state index is -0.746. The maximum absolute atomic E-state index is 13.5. The molecule has 1 heterocycles. The van der Waals surface area contributed by atoms with Crippen molar-refractivity contribution < 1.29 is 19.2 Å². The molecule has 1 aliphatic carbocycles. The molecule has 2 aliphatic rings. The van der Waals surface area contributed by atoms with Gasteiger partial charge < -0.3 is 0 Å². The van der Waals surface area contributed by atoms with Gasteiger partial charge in [-0.15, -0.1) is 0 Å². The number of imide groups is 1. The minimum absolute atomic E-state index is 0.0229. The van der Waals surface area contributed by atoms with E-state index in [2.05, 4.69) is 0 Å². The van der Waals surface area contributed by atoms with Crippen LogP contribution in [-0.4, -0.2) is 40.1 Å². The maximum atomic E-state index is 13.5. The summed E-state index contributed by atoms with van der Waals surface area (Å²) in [5.41, 5.74) is 1.32. The molecule has 2 atom stereocenters. The minimum Gasteiger partial charge on any atom is -0.292 e. The molecule has 1 aliphatic heterocycles. The Labute approximate surface area is 205 Å². The molecule has 33 heavy (non-hydrogen) atoms. The molecule has 2 aromatic carbocycles. The van der Waals surface area contributed by atoms with Gasteiger partial charge in [0.05, 0.1) is 22.4 Å². The van der Waals surface area contributed by atoms with Gasteiger partial charge >= 0.3 is 0 Å². The number of benzene rings is 2. The summed E-state index contributed by atoms with van der Waals surface area (Å²) in [4.78, 5) is 53.0. The van der Waals surface area contributed by atoms with Crippen LogP contribution < -0.4 is 0 Å². The molecule has 0 aromatic heterocycles. The zero-order valence-corrected chi connectivity index (χ0v) is 19.8. The average molecular weight is 506 g/mol. The van der Waals surface area contributed by atoms with Gasteiger partial charge in [0.15, 0.2) is 5.78 Å². The Morgan fingerprint density at radius 3 is 2.27 bits per heavy atom. The van der Waals surface area contributed by atoms with Crippen LogP contribution in [0.1, 0.15) is 40.5 Å². The van der Waals surface area contributed by atoms with E-state index in [0.717, 1.165) is 15.6 Å². The van der Waals surface area contributed by atoms with Crippen molar-refractivity contribution in [2.45, 2.75) is 19.8 Å². The number of halogens is 3. The molecule has 170 valence electrons. The van der Waals surface area contributed by atoms with E-state index in [1.807, 2.05) is 13.0 Å². The van der Waals surface area contributed by atoms with Crippen molar-refractivity contribution >= 4 is 58.3 Å². The fraction of sp³-hybridized carbons (Fsp3) is 0.250.